The molecular formula is C19H22N2O4. The lowest BCUT2D eigenvalue weighted by molar-refractivity contribution is -0.143. The van der Waals surface area contributed by atoms with Gasteiger partial charge in [0.2, 0.25) is 0 Å². The summed E-state index contributed by atoms with van der Waals surface area (Å²) in [6.45, 7) is 2.15. The molecule has 3 N–H and O–H groups in total. The van der Waals surface area contributed by atoms with E-state index in [1.165, 1.54) is 7.11 Å². The van der Waals surface area contributed by atoms with Gasteiger partial charge in [-0.25, -0.2) is 0 Å². The number of hydrogen-bond acceptors (Lipinski definition) is 5. The molecule has 2 aromatic carbocycles. The number of methoxy groups -OCH3 is 1. The van der Waals surface area contributed by atoms with Crippen molar-refractivity contribution in [2.45, 2.75) is 19.8 Å². The fourth-order valence-electron chi connectivity index (χ4n) is 2.34. The molecule has 0 fully saturated rings. The van der Waals surface area contributed by atoms with Crippen LogP contribution in [0.15, 0.2) is 42.5 Å². The highest BCUT2D eigenvalue weighted by molar-refractivity contribution is 6.08. The number of nitrogens with two attached hydrogens (primary N) is 1. The maximum Gasteiger partial charge on any atom is 0.306 e. The van der Waals surface area contributed by atoms with E-state index in [9.17, 15) is 9.59 Å². The Morgan fingerprint density at radius 1 is 1.16 bits per heavy atom. The molecule has 0 radical (unpaired) electrons. The van der Waals surface area contributed by atoms with E-state index in [1.807, 2.05) is 18.2 Å². The van der Waals surface area contributed by atoms with Gasteiger partial charge in [0, 0.05) is 17.8 Å². The fraction of sp³-hybridized carbons (Fsp3) is 0.263. The second-order valence-electron chi connectivity index (χ2n) is 5.41. The molecule has 6 nitrogen and oxygen atoms in total. The van der Waals surface area contributed by atoms with E-state index in [0.29, 0.717) is 42.1 Å². The molecule has 0 saturated carbocycles. The molecule has 2 aromatic rings. The van der Waals surface area contributed by atoms with Gasteiger partial charge in [0.25, 0.3) is 5.91 Å². The zero-order chi connectivity index (χ0) is 18.2. The van der Waals surface area contributed by atoms with Crippen molar-refractivity contribution in [1.82, 2.24) is 0 Å². The molecule has 0 aromatic heterocycles. The minimum Gasteiger partial charge on any atom is -0.497 e. The summed E-state index contributed by atoms with van der Waals surface area (Å²) in [7, 11) is 1.53. The molecule has 2 rings (SSSR count). The summed E-state index contributed by atoms with van der Waals surface area (Å²) in [4.78, 5) is 23.9. The molecule has 0 saturated heterocycles. The summed E-state index contributed by atoms with van der Waals surface area (Å²) in [5.74, 6) is 0.00238. The number of esters is 1. The summed E-state index contributed by atoms with van der Waals surface area (Å²) in [6, 6.07) is 12.2. The van der Waals surface area contributed by atoms with Gasteiger partial charge in [0.05, 0.1) is 19.3 Å². The van der Waals surface area contributed by atoms with Gasteiger partial charge in [-0.3, -0.25) is 9.59 Å². The number of ether oxygens (including phenoxy) is 2. The summed E-state index contributed by atoms with van der Waals surface area (Å²) >= 11 is 0. The van der Waals surface area contributed by atoms with E-state index in [0.717, 1.165) is 5.56 Å². The lowest BCUT2D eigenvalue weighted by atomic mass is 10.1. The molecule has 132 valence electrons. The predicted molar refractivity (Wildman–Crippen MR) is 96.8 cm³/mol. The van der Waals surface area contributed by atoms with Crippen LogP contribution < -0.4 is 15.8 Å². The first-order valence-corrected chi connectivity index (χ1v) is 8.03. The van der Waals surface area contributed by atoms with Crippen LogP contribution in [0.2, 0.25) is 0 Å². The Kier molecular flexibility index (Phi) is 6.39. The van der Waals surface area contributed by atoms with Crippen molar-refractivity contribution in [2.24, 2.45) is 0 Å². The Bertz CT molecular complexity index is 759. The second-order valence-corrected chi connectivity index (χ2v) is 5.41. The Labute approximate surface area is 146 Å². The Morgan fingerprint density at radius 2 is 1.96 bits per heavy atom. The van der Waals surface area contributed by atoms with Crippen molar-refractivity contribution >= 4 is 23.3 Å². The predicted octanol–water partition coefficient (Wildman–Crippen LogP) is 3.03. The lowest BCUT2D eigenvalue weighted by Crippen LogP contribution is -2.14. The van der Waals surface area contributed by atoms with E-state index in [1.54, 1.807) is 31.2 Å². The molecule has 25 heavy (non-hydrogen) atoms. The SMILES string of the molecule is CCOC(=O)CCc1cccc(NC(=O)c2cc(OC)ccc2N)c1. The maximum atomic E-state index is 12.4. The van der Waals surface area contributed by atoms with Gasteiger partial charge in [-0.1, -0.05) is 12.1 Å². The molecule has 0 spiro atoms. The van der Waals surface area contributed by atoms with Crippen molar-refractivity contribution in [3.8, 4) is 5.75 Å². The summed E-state index contributed by atoms with van der Waals surface area (Å²) in [6.07, 6.45) is 0.845. The van der Waals surface area contributed by atoms with Crippen LogP contribution in [0, 0.1) is 0 Å². The first kappa shape index (κ1) is 18.3. The van der Waals surface area contributed by atoms with Crippen LogP contribution in [0.4, 0.5) is 11.4 Å². The van der Waals surface area contributed by atoms with Gasteiger partial charge in [-0.05, 0) is 49.2 Å². The van der Waals surface area contributed by atoms with Gasteiger partial charge in [0.15, 0.2) is 0 Å². The quantitative estimate of drug-likeness (QED) is 0.596. The highest BCUT2D eigenvalue weighted by Gasteiger charge is 2.12. The van der Waals surface area contributed by atoms with Crippen molar-refractivity contribution in [2.75, 3.05) is 24.8 Å². The van der Waals surface area contributed by atoms with Crippen molar-refractivity contribution in [1.29, 1.82) is 0 Å². The van der Waals surface area contributed by atoms with Gasteiger partial charge in [0.1, 0.15) is 5.75 Å². The number of rotatable bonds is 7. The Balaban J connectivity index is 2.06. The molecular weight excluding hydrogens is 320 g/mol. The molecule has 0 atom stereocenters. The topological polar surface area (TPSA) is 90.6 Å². The van der Waals surface area contributed by atoms with Crippen LogP contribution in [-0.2, 0) is 16.0 Å². The number of hydrogen-bond donors (Lipinski definition) is 2. The van der Waals surface area contributed by atoms with E-state index in [2.05, 4.69) is 5.32 Å². The molecule has 0 aliphatic heterocycles. The van der Waals surface area contributed by atoms with Gasteiger partial charge in [-0.15, -0.1) is 0 Å². The molecule has 0 bridgehead atoms. The molecule has 6 heteroatoms. The number of aryl methyl sites for hydroxylation is 1. The Hall–Kier alpha value is -3.02. The minimum atomic E-state index is -0.320. The van der Waals surface area contributed by atoms with Crippen LogP contribution in [0.25, 0.3) is 0 Å². The molecule has 0 unspecified atom stereocenters. The van der Waals surface area contributed by atoms with Crippen LogP contribution >= 0.6 is 0 Å². The summed E-state index contributed by atoms with van der Waals surface area (Å²) < 4.78 is 10.0. The third-order valence-corrected chi connectivity index (χ3v) is 3.61. The number of carbonyl (C=O) groups is 2. The van der Waals surface area contributed by atoms with E-state index >= 15 is 0 Å². The number of benzene rings is 2. The van der Waals surface area contributed by atoms with Crippen molar-refractivity contribution in [3.63, 3.8) is 0 Å². The highest BCUT2D eigenvalue weighted by Crippen LogP contribution is 2.21. The average molecular weight is 342 g/mol. The summed E-state index contributed by atoms with van der Waals surface area (Å²) in [5.41, 5.74) is 8.15. The smallest absolute Gasteiger partial charge is 0.306 e. The van der Waals surface area contributed by atoms with Crippen molar-refractivity contribution < 1.29 is 19.1 Å². The molecule has 1 amide bonds. The number of nitrogen functional groups attached to an aromatic ring is 1. The highest BCUT2D eigenvalue weighted by atomic mass is 16.5. The van der Waals surface area contributed by atoms with Crippen molar-refractivity contribution in [3.05, 3.63) is 53.6 Å². The first-order valence-electron chi connectivity index (χ1n) is 8.03. The number of amides is 1. The summed E-state index contributed by atoms with van der Waals surface area (Å²) in [5, 5.41) is 2.81. The first-order chi connectivity index (χ1) is 12.0. The van der Waals surface area contributed by atoms with Crippen LogP contribution in [0.1, 0.15) is 29.3 Å². The molecule has 0 aliphatic rings. The van der Waals surface area contributed by atoms with Gasteiger partial charge >= 0.3 is 5.97 Å². The average Bonchev–Trinajstić information content (AvgIpc) is 2.61. The number of anilines is 2. The maximum absolute atomic E-state index is 12.4. The van der Waals surface area contributed by atoms with E-state index in [4.69, 9.17) is 15.2 Å². The minimum absolute atomic E-state index is 0.235. The third-order valence-electron chi connectivity index (χ3n) is 3.61. The van der Waals surface area contributed by atoms with E-state index in [-0.39, 0.29) is 11.9 Å². The third kappa shape index (κ3) is 5.24. The number of carbonyl (C=O) groups excluding carboxylic acids is 2. The number of nitrogens with one attached hydrogen (secondary N) is 1. The molecule has 0 heterocycles. The largest absolute Gasteiger partial charge is 0.497 e. The zero-order valence-electron chi connectivity index (χ0n) is 14.4. The second kappa shape index (κ2) is 8.73. The fourth-order valence-corrected chi connectivity index (χ4v) is 2.34. The van der Waals surface area contributed by atoms with Crippen LogP contribution in [-0.4, -0.2) is 25.6 Å². The van der Waals surface area contributed by atoms with Gasteiger partial charge < -0.3 is 20.5 Å². The van der Waals surface area contributed by atoms with Crippen LogP contribution in [0.5, 0.6) is 5.75 Å². The van der Waals surface area contributed by atoms with Gasteiger partial charge in [-0.2, -0.15) is 0 Å². The normalized spacial score (nSPS) is 10.2. The van der Waals surface area contributed by atoms with E-state index < -0.39 is 0 Å². The Morgan fingerprint density at radius 3 is 2.68 bits per heavy atom. The standard InChI is InChI=1S/C19H22N2O4/c1-3-25-18(22)10-7-13-5-4-6-14(11-13)21-19(23)16-12-15(24-2)8-9-17(16)20/h4-6,8-9,11-12H,3,7,10,20H2,1-2H3,(H,21,23). The monoisotopic (exact) mass is 342 g/mol. The zero-order valence-corrected chi connectivity index (χ0v) is 14.4. The lowest BCUT2D eigenvalue weighted by Gasteiger charge is -2.10. The molecule has 0 aliphatic carbocycles. The van der Waals surface area contributed by atoms with Crippen LogP contribution in [0.3, 0.4) is 0 Å².